The molecule has 4 atom stereocenters. The number of aryl methyl sites for hydroxylation is 2. The van der Waals surface area contributed by atoms with Gasteiger partial charge in [0, 0.05) is 77.7 Å². The van der Waals surface area contributed by atoms with Crippen molar-refractivity contribution < 1.29 is 19.2 Å². The van der Waals surface area contributed by atoms with Gasteiger partial charge in [0.15, 0.2) is 0 Å². The van der Waals surface area contributed by atoms with Crippen LogP contribution in [0.4, 0.5) is 33.3 Å². The van der Waals surface area contributed by atoms with Crippen LogP contribution in [0.3, 0.4) is 0 Å². The number of rotatable bonds is 13. The molecule has 0 aromatic carbocycles. The SMILES string of the molecule is O=C(Nc1sc2c(c1C(=O)N1CCC3(CC3)C1)C[C@H](n1cnnc1Nc1ccc(C3CC3C(=O)Nc3sc4c(c3C(=O)N3CCC5(CC5)C3)C[C@@H](n3cnnc3Nc3cccnc3)CC4)nc1)CC2)C1CC1. The fraction of sp³-hybridized carbons (Fsp3) is 0.500. The van der Waals surface area contributed by atoms with E-state index in [1.165, 1.54) is 30.6 Å². The molecule has 4 amide bonds. The average molecular weight is 1010 g/mol. The third-order valence-corrected chi connectivity index (χ3v) is 19.5. The van der Waals surface area contributed by atoms with Crippen LogP contribution in [0, 0.1) is 22.7 Å². The molecule has 6 aromatic rings. The normalized spacial score (nSPS) is 23.9. The van der Waals surface area contributed by atoms with E-state index < -0.39 is 0 Å². The number of nitrogens with zero attached hydrogens (tertiary/aromatic N) is 10. The summed E-state index contributed by atoms with van der Waals surface area (Å²) in [6.45, 7) is 3.09. The van der Waals surface area contributed by atoms with E-state index in [2.05, 4.69) is 55.8 Å². The number of aromatic nitrogens is 8. The summed E-state index contributed by atoms with van der Waals surface area (Å²) in [6, 6.07) is 7.79. The Balaban J connectivity index is 0.655. The molecule has 2 unspecified atom stereocenters. The molecule has 370 valence electrons. The van der Waals surface area contributed by atoms with Crippen LogP contribution in [0.15, 0.2) is 55.5 Å². The Labute approximate surface area is 423 Å². The Hall–Kier alpha value is -6.54. The van der Waals surface area contributed by atoms with Crippen LogP contribution in [0.1, 0.15) is 136 Å². The summed E-state index contributed by atoms with van der Waals surface area (Å²) in [4.78, 5) is 71.6. The molecule has 8 heterocycles. The van der Waals surface area contributed by atoms with Crippen LogP contribution < -0.4 is 21.3 Å². The number of fused-ring (bicyclic) bond motifs is 2. The zero-order chi connectivity index (χ0) is 48.3. The quantitative estimate of drug-likeness (QED) is 0.0866. The second-order valence-electron chi connectivity index (χ2n) is 22.0. The first-order chi connectivity index (χ1) is 35.2. The van der Waals surface area contributed by atoms with Crippen molar-refractivity contribution in [3.05, 3.63) is 93.2 Å². The van der Waals surface area contributed by atoms with E-state index in [0.717, 1.165) is 111 Å². The number of likely N-dealkylation sites (tertiary alicyclic amines) is 2. The van der Waals surface area contributed by atoms with Crippen molar-refractivity contribution in [2.24, 2.45) is 22.7 Å². The van der Waals surface area contributed by atoms with Gasteiger partial charge in [0.1, 0.15) is 22.7 Å². The smallest absolute Gasteiger partial charge is 0.257 e. The second kappa shape index (κ2) is 17.0. The number of pyridine rings is 2. The standard InChI is InChI=1S/C52H56N14O4S2/c67-43(29-3-4-29)59-45-41(47(69)63-18-15-51(25-63)11-12-51)36-20-33(6-9-39(36)71-45)66-28-56-62-50(66)58-31-5-8-38(54-24-31)34-22-35(34)44(68)60-46-42(48(70)64-19-16-52(26-64)13-14-52)37-21-32(7-10-40(37)72-46)65-27-55-61-49(65)57-30-2-1-17-53-23-30/h1-2,5,8,17,23-24,27-29,32-35H,3-4,6-7,9-16,18-22,25-26H2,(H,57,61)(H,58,62)(H,59,67)(H,60,68)/t32-,33+,34?,35?/m0/s1. The first-order valence-corrected chi connectivity index (χ1v) is 27.5. The molecule has 72 heavy (non-hydrogen) atoms. The lowest BCUT2D eigenvalue weighted by molar-refractivity contribution is -0.118. The van der Waals surface area contributed by atoms with Crippen LogP contribution in [0.5, 0.6) is 0 Å². The monoisotopic (exact) mass is 1000 g/mol. The molecule has 2 aliphatic heterocycles. The lowest BCUT2D eigenvalue weighted by atomic mass is 9.90. The molecule has 2 spiro atoms. The van der Waals surface area contributed by atoms with Gasteiger partial charge in [-0.15, -0.1) is 43.1 Å². The summed E-state index contributed by atoms with van der Waals surface area (Å²) in [6.07, 6.45) is 22.6. The minimum absolute atomic E-state index is 0.00722. The van der Waals surface area contributed by atoms with Crippen molar-refractivity contribution in [3.63, 3.8) is 0 Å². The van der Waals surface area contributed by atoms with E-state index in [4.69, 9.17) is 4.98 Å². The summed E-state index contributed by atoms with van der Waals surface area (Å²) < 4.78 is 4.12. The summed E-state index contributed by atoms with van der Waals surface area (Å²) >= 11 is 3.13. The Bertz CT molecular complexity index is 3150. The molecule has 6 aromatic heterocycles. The molecule has 6 aliphatic carbocycles. The zero-order valence-electron chi connectivity index (χ0n) is 39.9. The summed E-state index contributed by atoms with van der Waals surface area (Å²) in [5.74, 6) is 0.956. The maximum Gasteiger partial charge on any atom is 0.257 e. The van der Waals surface area contributed by atoms with E-state index >= 15 is 0 Å². The highest BCUT2D eigenvalue weighted by Crippen LogP contribution is 2.55. The van der Waals surface area contributed by atoms with Gasteiger partial charge in [-0.3, -0.25) is 38.3 Å². The van der Waals surface area contributed by atoms with E-state index in [1.807, 2.05) is 34.1 Å². The fourth-order valence-corrected chi connectivity index (χ4v) is 14.6. The summed E-state index contributed by atoms with van der Waals surface area (Å²) in [7, 11) is 0. The van der Waals surface area contributed by atoms with Gasteiger partial charge in [-0.2, -0.15) is 0 Å². The largest absolute Gasteiger partial charge is 0.338 e. The van der Waals surface area contributed by atoms with Gasteiger partial charge < -0.3 is 31.1 Å². The highest BCUT2D eigenvalue weighted by molar-refractivity contribution is 7.17. The Morgan fingerprint density at radius 2 is 1.22 bits per heavy atom. The van der Waals surface area contributed by atoms with E-state index in [9.17, 15) is 19.2 Å². The first-order valence-electron chi connectivity index (χ1n) is 25.8. The van der Waals surface area contributed by atoms with Crippen molar-refractivity contribution in [3.8, 4) is 0 Å². The highest BCUT2D eigenvalue weighted by Gasteiger charge is 2.51. The Morgan fingerprint density at radius 1 is 0.653 bits per heavy atom. The molecule has 4 N–H and O–H groups in total. The highest BCUT2D eigenvalue weighted by atomic mass is 32.1. The number of anilines is 6. The minimum Gasteiger partial charge on any atom is -0.338 e. The number of amides is 4. The minimum atomic E-state index is -0.262. The molecule has 18 nitrogen and oxygen atoms in total. The number of nitrogens with one attached hydrogen (secondary N) is 4. The summed E-state index contributed by atoms with van der Waals surface area (Å²) in [5.41, 5.74) is 6.37. The van der Waals surface area contributed by atoms with E-state index in [1.54, 1.807) is 53.9 Å². The van der Waals surface area contributed by atoms with Crippen molar-refractivity contribution in [1.29, 1.82) is 0 Å². The van der Waals surface area contributed by atoms with Gasteiger partial charge in [-0.05, 0) is 143 Å². The van der Waals surface area contributed by atoms with Crippen molar-refractivity contribution in [2.45, 2.75) is 114 Å². The lowest BCUT2D eigenvalue weighted by Crippen LogP contribution is -2.31. The van der Waals surface area contributed by atoms with Crippen molar-refractivity contribution in [1.82, 2.24) is 49.3 Å². The number of thiophene rings is 2. The lowest BCUT2D eigenvalue weighted by Gasteiger charge is -2.26. The van der Waals surface area contributed by atoms with Crippen LogP contribution in [-0.4, -0.2) is 99.1 Å². The maximum absolute atomic E-state index is 14.6. The van der Waals surface area contributed by atoms with E-state index in [0.29, 0.717) is 57.7 Å². The third-order valence-electron chi connectivity index (χ3n) is 17.1. The molecule has 4 saturated carbocycles. The topological polar surface area (TPSA) is 210 Å². The third kappa shape index (κ3) is 8.13. The van der Waals surface area contributed by atoms with E-state index in [-0.39, 0.29) is 58.9 Å². The molecular weight excluding hydrogens is 949 g/mol. The van der Waals surface area contributed by atoms with Gasteiger partial charge >= 0.3 is 0 Å². The fourth-order valence-electron chi connectivity index (χ4n) is 12.1. The number of carbonyl (C=O) groups is 4. The van der Waals surface area contributed by atoms with Crippen LogP contribution in [-0.2, 0) is 35.3 Å². The van der Waals surface area contributed by atoms with Gasteiger partial charge in [0.05, 0.1) is 34.9 Å². The molecule has 20 heteroatoms. The number of carbonyl (C=O) groups excluding carboxylic acids is 4. The van der Waals surface area contributed by atoms with Crippen molar-refractivity contribution >= 4 is 79.6 Å². The molecule has 8 aliphatic rings. The molecule has 0 bridgehead atoms. The van der Waals surface area contributed by atoms with Crippen LogP contribution in [0.2, 0.25) is 0 Å². The van der Waals surface area contributed by atoms with Gasteiger partial charge in [-0.1, -0.05) is 0 Å². The molecule has 0 radical (unpaired) electrons. The molecule has 6 fully saturated rings. The molecular formula is C52H56N14O4S2. The van der Waals surface area contributed by atoms with Gasteiger partial charge in [0.25, 0.3) is 11.8 Å². The van der Waals surface area contributed by atoms with Crippen molar-refractivity contribution in [2.75, 3.05) is 47.4 Å². The predicted octanol–water partition coefficient (Wildman–Crippen LogP) is 8.07. The summed E-state index contributed by atoms with van der Waals surface area (Å²) in [5, 5.41) is 32.0. The van der Waals surface area contributed by atoms with Crippen LogP contribution >= 0.6 is 22.7 Å². The van der Waals surface area contributed by atoms with Crippen LogP contribution in [0.25, 0.3) is 0 Å². The molecule has 2 saturated heterocycles. The molecule has 14 rings (SSSR count). The number of hydrogen-bond acceptors (Lipinski definition) is 14. The second-order valence-corrected chi connectivity index (χ2v) is 24.2. The Kier molecular flexibility index (Phi) is 10.5. The first kappa shape index (κ1) is 44.2. The maximum atomic E-state index is 14.6. The zero-order valence-corrected chi connectivity index (χ0v) is 41.6. The number of hydrogen-bond donors (Lipinski definition) is 4. The van der Waals surface area contributed by atoms with Gasteiger partial charge in [0.2, 0.25) is 23.7 Å². The average Bonchev–Trinajstić information content (AvgIpc) is 4.36. The Morgan fingerprint density at radius 3 is 1.72 bits per heavy atom. The predicted molar refractivity (Wildman–Crippen MR) is 271 cm³/mol. The van der Waals surface area contributed by atoms with Gasteiger partial charge in [-0.25, -0.2) is 0 Å².